The molecule has 0 aliphatic carbocycles. The molecular weight excluding hydrogens is 236 g/mol. The molecule has 0 aromatic heterocycles. The summed E-state index contributed by atoms with van der Waals surface area (Å²) in [4.78, 5) is 41.9. The van der Waals surface area contributed by atoms with Gasteiger partial charge in [0.1, 0.15) is 19.6 Å². The van der Waals surface area contributed by atoms with Crippen molar-refractivity contribution in [1.29, 1.82) is 0 Å². The Morgan fingerprint density at radius 1 is 0.765 bits per heavy atom. The molecule has 17 heavy (non-hydrogen) atoms. The summed E-state index contributed by atoms with van der Waals surface area (Å²) in [5.41, 5.74) is 0. The maximum atomic E-state index is 10.9. The number of esters is 2. The van der Waals surface area contributed by atoms with Gasteiger partial charge in [-0.1, -0.05) is 0 Å². The predicted molar refractivity (Wildman–Crippen MR) is 51.0 cm³/mol. The molecule has 0 unspecified atom stereocenters. The monoisotopic (exact) mass is 248 g/mol. The minimum Gasteiger partial charge on any atom is -0.481 e. The van der Waals surface area contributed by atoms with Gasteiger partial charge in [-0.05, 0) is 0 Å². The molecule has 0 saturated carbocycles. The van der Waals surface area contributed by atoms with Gasteiger partial charge in [-0.15, -0.1) is 0 Å². The standard InChI is InChI=1S/C9H12O8/c10-6(11)1-3-16-8(14)5-9(15)17-4-2-7(12)13/h1-5H2,(H,10,11)(H,12,13). The van der Waals surface area contributed by atoms with Crippen LogP contribution in [0.25, 0.3) is 0 Å². The Hall–Kier alpha value is -2.12. The second-order valence-electron chi connectivity index (χ2n) is 2.91. The Balaban J connectivity index is 3.62. The molecule has 2 N–H and O–H groups in total. The number of carboxylic acids is 2. The number of carbonyl (C=O) groups is 4. The van der Waals surface area contributed by atoms with Crippen molar-refractivity contribution in [2.45, 2.75) is 19.3 Å². The van der Waals surface area contributed by atoms with Gasteiger partial charge < -0.3 is 19.7 Å². The van der Waals surface area contributed by atoms with Crippen LogP contribution in [-0.4, -0.2) is 47.3 Å². The third kappa shape index (κ3) is 10.2. The lowest BCUT2D eigenvalue weighted by Gasteiger charge is -2.03. The zero-order valence-corrected chi connectivity index (χ0v) is 8.88. The first-order valence-electron chi connectivity index (χ1n) is 4.66. The molecule has 0 saturated heterocycles. The van der Waals surface area contributed by atoms with Crippen molar-refractivity contribution in [2.75, 3.05) is 13.2 Å². The summed E-state index contributed by atoms with van der Waals surface area (Å²) in [6, 6.07) is 0. The highest BCUT2D eigenvalue weighted by atomic mass is 16.6. The van der Waals surface area contributed by atoms with Crippen LogP contribution in [0.4, 0.5) is 0 Å². The van der Waals surface area contributed by atoms with Gasteiger partial charge in [0.25, 0.3) is 0 Å². The van der Waals surface area contributed by atoms with E-state index in [0.29, 0.717) is 0 Å². The number of carbonyl (C=O) groups excluding carboxylic acids is 2. The second-order valence-corrected chi connectivity index (χ2v) is 2.91. The fourth-order valence-electron chi connectivity index (χ4n) is 0.724. The molecule has 0 aliphatic rings. The average molecular weight is 248 g/mol. The minimum absolute atomic E-state index is 0.323. The molecule has 0 atom stereocenters. The van der Waals surface area contributed by atoms with Crippen molar-refractivity contribution >= 4 is 23.9 Å². The molecule has 0 bridgehead atoms. The van der Waals surface area contributed by atoms with Gasteiger partial charge in [-0.2, -0.15) is 0 Å². The van der Waals surface area contributed by atoms with E-state index in [9.17, 15) is 19.2 Å². The first kappa shape index (κ1) is 14.9. The summed E-state index contributed by atoms with van der Waals surface area (Å²) in [5.74, 6) is -4.07. The summed E-state index contributed by atoms with van der Waals surface area (Å²) in [6.45, 7) is -0.646. The van der Waals surface area contributed by atoms with Crippen molar-refractivity contribution < 1.29 is 38.9 Å². The van der Waals surface area contributed by atoms with Gasteiger partial charge in [-0.25, -0.2) is 0 Å². The van der Waals surface area contributed by atoms with Crippen LogP contribution in [0.3, 0.4) is 0 Å². The summed E-state index contributed by atoms with van der Waals surface area (Å²) in [5, 5.41) is 16.5. The lowest BCUT2D eigenvalue weighted by Crippen LogP contribution is -2.16. The number of carboxylic acid groups (broad SMARTS) is 2. The van der Waals surface area contributed by atoms with E-state index in [-0.39, 0.29) is 26.1 Å². The maximum Gasteiger partial charge on any atom is 0.317 e. The van der Waals surface area contributed by atoms with Crippen LogP contribution in [0.1, 0.15) is 19.3 Å². The molecule has 8 heteroatoms. The Bertz CT molecular complexity index is 278. The number of aliphatic carboxylic acids is 2. The van der Waals surface area contributed by atoms with E-state index >= 15 is 0 Å². The fourth-order valence-corrected chi connectivity index (χ4v) is 0.724. The molecule has 8 nitrogen and oxygen atoms in total. The normalized spacial score (nSPS) is 9.41. The van der Waals surface area contributed by atoms with Crippen LogP contribution in [0.5, 0.6) is 0 Å². The smallest absolute Gasteiger partial charge is 0.317 e. The number of ether oxygens (including phenoxy) is 2. The van der Waals surface area contributed by atoms with Crippen LogP contribution in [0.15, 0.2) is 0 Å². The second kappa shape index (κ2) is 8.08. The van der Waals surface area contributed by atoms with Gasteiger partial charge in [0, 0.05) is 0 Å². The first-order valence-corrected chi connectivity index (χ1v) is 4.66. The highest BCUT2D eigenvalue weighted by Crippen LogP contribution is 1.94. The summed E-state index contributed by atoms with van der Waals surface area (Å²) in [7, 11) is 0. The Morgan fingerprint density at radius 3 is 1.41 bits per heavy atom. The topological polar surface area (TPSA) is 127 Å². The molecule has 0 aromatic rings. The first-order chi connectivity index (χ1) is 7.91. The number of rotatable bonds is 8. The predicted octanol–water partition coefficient (Wildman–Crippen LogP) is -0.588. The Morgan fingerprint density at radius 2 is 1.12 bits per heavy atom. The van der Waals surface area contributed by atoms with Crippen molar-refractivity contribution in [3.8, 4) is 0 Å². The zero-order valence-electron chi connectivity index (χ0n) is 8.88. The highest BCUT2D eigenvalue weighted by Gasteiger charge is 2.13. The molecular formula is C9H12O8. The van der Waals surface area contributed by atoms with Crippen molar-refractivity contribution in [2.24, 2.45) is 0 Å². The lowest BCUT2D eigenvalue weighted by molar-refractivity contribution is -0.155. The molecule has 0 aromatic carbocycles. The van der Waals surface area contributed by atoms with Crippen LogP contribution in [0, 0.1) is 0 Å². The van der Waals surface area contributed by atoms with Crippen LogP contribution < -0.4 is 0 Å². The number of hydrogen-bond donors (Lipinski definition) is 2. The average Bonchev–Trinajstić information content (AvgIpc) is 2.15. The van der Waals surface area contributed by atoms with Crippen LogP contribution in [0.2, 0.25) is 0 Å². The largest absolute Gasteiger partial charge is 0.481 e. The minimum atomic E-state index is -1.12. The highest BCUT2D eigenvalue weighted by molar-refractivity contribution is 5.91. The van der Waals surface area contributed by atoms with Gasteiger partial charge in [0.2, 0.25) is 0 Å². The molecule has 0 spiro atoms. The van der Waals surface area contributed by atoms with E-state index in [1.165, 1.54) is 0 Å². The molecule has 0 fully saturated rings. The fraction of sp³-hybridized carbons (Fsp3) is 0.556. The van der Waals surface area contributed by atoms with Crippen molar-refractivity contribution in [3.63, 3.8) is 0 Å². The molecule has 96 valence electrons. The van der Waals surface area contributed by atoms with Gasteiger partial charge >= 0.3 is 23.9 Å². The van der Waals surface area contributed by atoms with E-state index in [1.807, 2.05) is 0 Å². The third-order valence-corrected chi connectivity index (χ3v) is 1.45. The van der Waals surface area contributed by atoms with E-state index in [2.05, 4.69) is 9.47 Å². The quantitative estimate of drug-likeness (QED) is 0.431. The van der Waals surface area contributed by atoms with E-state index < -0.39 is 30.3 Å². The SMILES string of the molecule is O=C(O)CCOC(=O)CC(=O)OCCC(=O)O. The molecule has 0 radical (unpaired) electrons. The molecule has 0 amide bonds. The van der Waals surface area contributed by atoms with E-state index in [0.717, 1.165) is 0 Å². The summed E-state index contributed by atoms with van der Waals surface area (Å²) < 4.78 is 8.83. The molecule has 0 aliphatic heterocycles. The van der Waals surface area contributed by atoms with Crippen LogP contribution >= 0.6 is 0 Å². The van der Waals surface area contributed by atoms with Crippen molar-refractivity contribution in [1.82, 2.24) is 0 Å². The van der Waals surface area contributed by atoms with Gasteiger partial charge in [-0.3, -0.25) is 19.2 Å². The summed E-state index contributed by atoms with van der Waals surface area (Å²) in [6.07, 6.45) is -1.36. The van der Waals surface area contributed by atoms with E-state index in [4.69, 9.17) is 10.2 Å². The van der Waals surface area contributed by atoms with E-state index in [1.54, 1.807) is 0 Å². The van der Waals surface area contributed by atoms with Gasteiger partial charge in [0.15, 0.2) is 0 Å². The van der Waals surface area contributed by atoms with Crippen molar-refractivity contribution in [3.05, 3.63) is 0 Å². The molecule has 0 heterocycles. The van der Waals surface area contributed by atoms with Gasteiger partial charge in [0.05, 0.1) is 12.8 Å². The number of hydrogen-bond acceptors (Lipinski definition) is 6. The Kier molecular flexibility index (Phi) is 7.07. The zero-order chi connectivity index (χ0) is 13.3. The Labute approximate surface area is 96.1 Å². The summed E-state index contributed by atoms with van der Waals surface area (Å²) >= 11 is 0. The third-order valence-electron chi connectivity index (χ3n) is 1.45. The van der Waals surface area contributed by atoms with Crippen LogP contribution in [-0.2, 0) is 28.7 Å². The maximum absolute atomic E-state index is 10.9. The molecule has 0 rings (SSSR count). The lowest BCUT2D eigenvalue weighted by atomic mass is 10.4.